The molecule has 0 saturated heterocycles. The fourth-order valence-electron chi connectivity index (χ4n) is 0.631. The molecule has 0 aliphatic carbocycles. The van der Waals surface area contributed by atoms with E-state index in [0.717, 1.165) is 10.4 Å². The van der Waals surface area contributed by atoms with Gasteiger partial charge in [-0.25, -0.2) is 0 Å². The van der Waals surface area contributed by atoms with E-state index in [1.165, 1.54) is 4.01 Å². The van der Waals surface area contributed by atoms with Crippen LogP contribution in [0.2, 0.25) is 5.02 Å². The lowest BCUT2D eigenvalue weighted by Crippen LogP contribution is -1.46. The summed E-state index contributed by atoms with van der Waals surface area (Å²) in [6, 6.07) is 1.90. The molecule has 0 amide bonds. The number of rotatable bonds is 0. The number of fused-ring (bicyclic) bond motifs is 1. The van der Waals surface area contributed by atoms with E-state index in [0.29, 0.717) is 0 Å². The zero-order valence-corrected chi connectivity index (χ0v) is 6.66. The average Bonchev–Trinajstić information content (AvgIpc) is 2.35. The standard InChI is InChI=1S/C6HClS2/c7-5-3-9-6-4(5)1-2-8-6/h1H. The minimum Gasteiger partial charge on any atom is -0.123 e. The van der Waals surface area contributed by atoms with E-state index in [4.69, 9.17) is 11.6 Å². The van der Waals surface area contributed by atoms with E-state index in [1.807, 2.05) is 6.07 Å². The molecule has 2 aromatic heterocycles. The Hall–Kier alpha value is -0.0500. The Morgan fingerprint density at radius 3 is 3.11 bits per heavy atom. The van der Waals surface area contributed by atoms with Crippen LogP contribution in [0.5, 0.6) is 0 Å². The lowest BCUT2D eigenvalue weighted by molar-refractivity contribution is 2.06. The van der Waals surface area contributed by atoms with Crippen molar-refractivity contribution in [1.82, 2.24) is 0 Å². The van der Waals surface area contributed by atoms with Gasteiger partial charge in [-0.05, 0) is 6.07 Å². The first-order valence-corrected chi connectivity index (χ1v) is 4.34. The molecule has 0 bridgehead atoms. The van der Waals surface area contributed by atoms with E-state index in [2.05, 4.69) is 10.8 Å². The van der Waals surface area contributed by atoms with Crippen molar-refractivity contribution in [3.8, 4) is 0 Å². The van der Waals surface area contributed by atoms with Crippen molar-refractivity contribution in [2.24, 2.45) is 0 Å². The normalized spacial score (nSPS) is 10.8. The highest BCUT2D eigenvalue weighted by molar-refractivity contribution is 7.36. The maximum Gasteiger partial charge on any atom is 0.0894 e. The summed E-state index contributed by atoms with van der Waals surface area (Å²) in [7, 11) is 0. The Morgan fingerprint density at radius 2 is 2.33 bits per heavy atom. The molecule has 2 rings (SSSR count). The van der Waals surface area contributed by atoms with Crippen molar-refractivity contribution in [3.05, 3.63) is 21.8 Å². The third-order valence-electron chi connectivity index (χ3n) is 1.04. The van der Waals surface area contributed by atoms with Crippen molar-refractivity contribution in [2.45, 2.75) is 0 Å². The molecule has 2 heterocycles. The number of hydrogen-bond acceptors (Lipinski definition) is 2. The molecule has 3 heteroatoms. The van der Waals surface area contributed by atoms with Crippen LogP contribution >= 0.6 is 34.3 Å². The zero-order valence-electron chi connectivity index (χ0n) is 4.27. The van der Waals surface area contributed by atoms with Gasteiger partial charge in [0.05, 0.1) is 14.4 Å². The number of thiophene rings is 2. The smallest absolute Gasteiger partial charge is 0.0894 e. The molecule has 0 saturated carbocycles. The third-order valence-corrected chi connectivity index (χ3v) is 3.31. The first-order valence-electron chi connectivity index (χ1n) is 2.33. The summed E-state index contributed by atoms with van der Waals surface area (Å²) in [6.45, 7) is 0. The van der Waals surface area contributed by atoms with Gasteiger partial charge in [0.2, 0.25) is 0 Å². The summed E-state index contributed by atoms with van der Waals surface area (Å²) in [5, 5.41) is 7.78. The Morgan fingerprint density at radius 1 is 1.44 bits per heavy atom. The largest absolute Gasteiger partial charge is 0.123 e. The predicted molar refractivity (Wildman–Crippen MR) is 42.4 cm³/mol. The van der Waals surface area contributed by atoms with E-state index >= 15 is 0 Å². The lowest BCUT2D eigenvalue weighted by atomic mass is 10.4. The van der Waals surface area contributed by atoms with Gasteiger partial charge in [0.25, 0.3) is 0 Å². The Balaban J connectivity index is 2.99. The summed E-state index contributed by atoms with van der Waals surface area (Å²) < 4.78 is 1.21. The minimum absolute atomic E-state index is 0.729. The molecule has 9 heavy (non-hydrogen) atoms. The van der Waals surface area contributed by atoms with Crippen LogP contribution in [0.15, 0.2) is 6.07 Å². The van der Waals surface area contributed by atoms with E-state index in [1.54, 1.807) is 22.7 Å². The molecule has 2 radical (unpaired) electrons. The maximum absolute atomic E-state index is 5.76. The maximum atomic E-state index is 5.76. The molecule has 0 N–H and O–H groups in total. The van der Waals surface area contributed by atoms with Crippen LogP contribution < -0.4 is 0 Å². The molecule has 0 fully saturated rings. The summed E-state index contributed by atoms with van der Waals surface area (Å²) in [6.07, 6.45) is 0. The summed E-state index contributed by atoms with van der Waals surface area (Å²) >= 11 is 8.89. The molecule has 44 valence electrons. The van der Waals surface area contributed by atoms with Crippen LogP contribution in [-0.4, -0.2) is 0 Å². The summed E-state index contributed by atoms with van der Waals surface area (Å²) in [5.41, 5.74) is 0. The Kier molecular flexibility index (Phi) is 1.25. The van der Waals surface area contributed by atoms with Gasteiger partial charge in [0.15, 0.2) is 0 Å². The SMILES string of the molecule is Clc1[c]sc2s[c]cc12. The van der Waals surface area contributed by atoms with Gasteiger partial charge in [-0.3, -0.25) is 0 Å². The molecular weight excluding hydrogens is 172 g/mol. The first-order chi connectivity index (χ1) is 4.38. The Bertz CT molecular complexity index is 320. The highest BCUT2D eigenvalue weighted by Crippen LogP contribution is 2.32. The van der Waals surface area contributed by atoms with Crippen LogP contribution in [0.3, 0.4) is 0 Å². The predicted octanol–water partition coefficient (Wildman–Crippen LogP) is 3.22. The van der Waals surface area contributed by atoms with E-state index in [-0.39, 0.29) is 0 Å². The molecule has 0 nitrogen and oxygen atoms in total. The Labute approximate surface area is 65.7 Å². The van der Waals surface area contributed by atoms with Crippen LogP contribution in [0.4, 0.5) is 0 Å². The van der Waals surface area contributed by atoms with E-state index < -0.39 is 0 Å². The molecular formula is C6HClS2. The molecule has 2 aromatic rings. The third kappa shape index (κ3) is 0.784. The average molecular weight is 173 g/mol. The van der Waals surface area contributed by atoms with Gasteiger partial charge in [0.1, 0.15) is 0 Å². The molecule has 0 atom stereocenters. The second-order valence-electron chi connectivity index (χ2n) is 1.58. The first kappa shape index (κ1) is 5.71. The number of halogens is 1. The van der Waals surface area contributed by atoms with Crippen LogP contribution in [0.1, 0.15) is 0 Å². The second kappa shape index (κ2) is 1.97. The van der Waals surface area contributed by atoms with Gasteiger partial charge in [-0.15, -0.1) is 22.7 Å². The quantitative estimate of drug-likeness (QED) is 0.573. The van der Waals surface area contributed by atoms with Crippen molar-refractivity contribution in [1.29, 1.82) is 0 Å². The van der Waals surface area contributed by atoms with Crippen molar-refractivity contribution in [3.63, 3.8) is 0 Å². The summed E-state index contributed by atoms with van der Waals surface area (Å²) in [4.78, 5) is 0. The van der Waals surface area contributed by atoms with Crippen LogP contribution in [0, 0.1) is 10.8 Å². The molecule has 0 aromatic carbocycles. The molecule has 0 aliphatic heterocycles. The molecule has 0 aliphatic rings. The topological polar surface area (TPSA) is 0 Å². The van der Waals surface area contributed by atoms with Gasteiger partial charge < -0.3 is 0 Å². The second-order valence-corrected chi connectivity index (χ2v) is 3.88. The van der Waals surface area contributed by atoms with Gasteiger partial charge in [-0.2, -0.15) is 0 Å². The fraction of sp³-hybridized carbons (Fsp3) is 0. The van der Waals surface area contributed by atoms with Crippen molar-refractivity contribution in [2.75, 3.05) is 0 Å². The minimum atomic E-state index is 0.729. The van der Waals surface area contributed by atoms with Crippen molar-refractivity contribution >= 4 is 43.7 Å². The fourth-order valence-corrected chi connectivity index (χ4v) is 2.56. The van der Waals surface area contributed by atoms with Crippen LogP contribution in [0.25, 0.3) is 9.40 Å². The molecule has 0 unspecified atom stereocenters. The van der Waals surface area contributed by atoms with Gasteiger partial charge >= 0.3 is 0 Å². The van der Waals surface area contributed by atoms with Crippen molar-refractivity contribution < 1.29 is 0 Å². The van der Waals surface area contributed by atoms with Gasteiger partial charge in [-0.1, -0.05) is 11.6 Å². The number of hydrogen-bond donors (Lipinski definition) is 0. The van der Waals surface area contributed by atoms with Gasteiger partial charge in [0, 0.05) is 10.8 Å². The lowest BCUT2D eigenvalue weighted by Gasteiger charge is -1.72. The highest BCUT2D eigenvalue weighted by atomic mass is 35.5. The highest BCUT2D eigenvalue weighted by Gasteiger charge is 2.01. The monoisotopic (exact) mass is 172 g/mol. The van der Waals surface area contributed by atoms with Crippen LogP contribution in [-0.2, 0) is 0 Å². The zero-order chi connectivity index (χ0) is 6.27. The summed E-state index contributed by atoms with van der Waals surface area (Å²) in [5.74, 6) is 0. The van der Waals surface area contributed by atoms with E-state index in [9.17, 15) is 0 Å². The molecule has 0 spiro atoms.